The molecule has 0 spiro atoms. The zero-order valence-corrected chi connectivity index (χ0v) is 12.8. The summed E-state index contributed by atoms with van der Waals surface area (Å²) in [5.41, 5.74) is -0.511. The van der Waals surface area contributed by atoms with Crippen molar-refractivity contribution in [2.24, 2.45) is 5.14 Å². The molecule has 2 N–H and O–H groups in total. The molecule has 11 heteroatoms. The Hall–Kier alpha value is -2.53. The molecule has 1 heterocycles. The number of carbonyl (C=O) groups excluding carboxylic acids is 2. The SMILES string of the molecule is COC(=O)c1ccc([N+](=O)[O-])cc1N1CC(S(N)(=O)=O)CC1=O. The Bertz CT molecular complexity index is 790. The Morgan fingerprint density at radius 3 is 2.61 bits per heavy atom. The molecular weight excluding hydrogens is 330 g/mol. The number of nitro groups is 1. The lowest BCUT2D eigenvalue weighted by Gasteiger charge is -2.19. The van der Waals surface area contributed by atoms with Gasteiger partial charge in [-0.3, -0.25) is 14.9 Å². The molecule has 1 aromatic carbocycles. The minimum atomic E-state index is -3.95. The minimum absolute atomic E-state index is 0.0813. The summed E-state index contributed by atoms with van der Waals surface area (Å²) in [6, 6.07) is 3.26. The Morgan fingerprint density at radius 1 is 1.48 bits per heavy atom. The number of rotatable bonds is 4. The lowest BCUT2D eigenvalue weighted by atomic mass is 10.1. The highest BCUT2D eigenvalue weighted by molar-refractivity contribution is 7.89. The van der Waals surface area contributed by atoms with Crippen molar-refractivity contribution < 1.29 is 27.7 Å². The molecule has 0 saturated carbocycles. The van der Waals surface area contributed by atoms with Gasteiger partial charge in [0.1, 0.15) is 5.25 Å². The predicted octanol–water partition coefficient (Wildman–Crippen LogP) is -0.225. The Morgan fingerprint density at radius 2 is 2.13 bits per heavy atom. The molecule has 10 nitrogen and oxygen atoms in total. The molecule has 1 aromatic rings. The molecule has 1 amide bonds. The van der Waals surface area contributed by atoms with Gasteiger partial charge < -0.3 is 9.64 Å². The van der Waals surface area contributed by atoms with Crippen LogP contribution >= 0.6 is 0 Å². The van der Waals surface area contributed by atoms with E-state index in [-0.39, 0.29) is 29.9 Å². The summed E-state index contributed by atoms with van der Waals surface area (Å²) >= 11 is 0. The fourth-order valence-electron chi connectivity index (χ4n) is 2.27. The quantitative estimate of drug-likeness (QED) is 0.451. The van der Waals surface area contributed by atoms with E-state index in [9.17, 15) is 28.1 Å². The van der Waals surface area contributed by atoms with Crippen molar-refractivity contribution in [3.05, 3.63) is 33.9 Å². The maximum atomic E-state index is 12.1. The van der Waals surface area contributed by atoms with Gasteiger partial charge in [0.2, 0.25) is 15.9 Å². The van der Waals surface area contributed by atoms with E-state index >= 15 is 0 Å². The van der Waals surface area contributed by atoms with E-state index in [2.05, 4.69) is 4.74 Å². The molecule has 23 heavy (non-hydrogen) atoms. The van der Waals surface area contributed by atoms with Crippen LogP contribution in [0.4, 0.5) is 11.4 Å². The van der Waals surface area contributed by atoms with Gasteiger partial charge in [-0.15, -0.1) is 0 Å². The zero-order chi connectivity index (χ0) is 17.4. The number of nitrogens with two attached hydrogens (primary N) is 1. The fraction of sp³-hybridized carbons (Fsp3) is 0.333. The summed E-state index contributed by atoms with van der Waals surface area (Å²) in [6.07, 6.45) is -0.359. The topological polar surface area (TPSA) is 150 Å². The summed E-state index contributed by atoms with van der Waals surface area (Å²) < 4.78 is 27.4. The third-order valence-electron chi connectivity index (χ3n) is 3.44. The molecule has 0 aromatic heterocycles. The van der Waals surface area contributed by atoms with E-state index in [0.29, 0.717) is 0 Å². The van der Waals surface area contributed by atoms with Crippen molar-refractivity contribution >= 4 is 33.3 Å². The number of carbonyl (C=O) groups is 2. The normalized spacial score (nSPS) is 18.1. The number of anilines is 1. The van der Waals surface area contributed by atoms with E-state index in [1.807, 2.05) is 0 Å². The van der Waals surface area contributed by atoms with Crippen molar-refractivity contribution in [2.45, 2.75) is 11.7 Å². The number of hydrogen-bond donors (Lipinski definition) is 1. The Kier molecular flexibility index (Phi) is 4.34. The first-order chi connectivity index (χ1) is 10.6. The molecule has 0 radical (unpaired) electrons. The minimum Gasteiger partial charge on any atom is -0.465 e. The van der Waals surface area contributed by atoms with Gasteiger partial charge in [-0.2, -0.15) is 0 Å². The van der Waals surface area contributed by atoms with E-state index < -0.39 is 32.1 Å². The van der Waals surface area contributed by atoms with Crippen molar-refractivity contribution in [3.8, 4) is 0 Å². The summed E-state index contributed by atoms with van der Waals surface area (Å²) in [4.78, 5) is 35.0. The maximum Gasteiger partial charge on any atom is 0.339 e. The number of methoxy groups -OCH3 is 1. The first-order valence-electron chi connectivity index (χ1n) is 6.34. The largest absolute Gasteiger partial charge is 0.465 e. The third-order valence-corrected chi connectivity index (χ3v) is 4.69. The van der Waals surface area contributed by atoms with Gasteiger partial charge in [-0.1, -0.05) is 0 Å². The van der Waals surface area contributed by atoms with E-state index in [4.69, 9.17) is 5.14 Å². The molecule has 1 unspecified atom stereocenters. The van der Waals surface area contributed by atoms with Gasteiger partial charge in [-0.05, 0) is 6.07 Å². The van der Waals surface area contributed by atoms with Crippen molar-refractivity contribution in [1.82, 2.24) is 0 Å². The highest BCUT2D eigenvalue weighted by Crippen LogP contribution is 2.31. The van der Waals surface area contributed by atoms with Gasteiger partial charge >= 0.3 is 5.97 Å². The molecule has 0 bridgehead atoms. The number of non-ortho nitro benzene ring substituents is 1. The fourth-order valence-corrected chi connectivity index (χ4v) is 3.00. The molecule has 1 atom stereocenters. The molecule has 1 aliphatic heterocycles. The lowest BCUT2D eigenvalue weighted by molar-refractivity contribution is -0.384. The number of nitro benzene ring substituents is 1. The van der Waals surface area contributed by atoms with Crippen LogP contribution in [0.1, 0.15) is 16.8 Å². The van der Waals surface area contributed by atoms with Gasteiger partial charge in [-0.25, -0.2) is 18.4 Å². The van der Waals surface area contributed by atoms with Gasteiger partial charge in [0, 0.05) is 25.1 Å². The average molecular weight is 343 g/mol. The van der Waals surface area contributed by atoms with Crippen molar-refractivity contribution in [1.29, 1.82) is 0 Å². The second kappa shape index (κ2) is 5.93. The summed E-state index contributed by atoms with van der Waals surface area (Å²) in [5, 5.41) is 14.8. The van der Waals surface area contributed by atoms with Gasteiger partial charge in [0.25, 0.3) is 5.69 Å². The van der Waals surface area contributed by atoms with Crippen LogP contribution in [0.25, 0.3) is 0 Å². The molecule has 1 aliphatic rings. The number of nitrogens with zero attached hydrogens (tertiary/aromatic N) is 2. The second-order valence-corrected chi connectivity index (χ2v) is 6.71. The van der Waals surface area contributed by atoms with Crippen LogP contribution in [0.3, 0.4) is 0 Å². The van der Waals surface area contributed by atoms with Gasteiger partial charge in [0.15, 0.2) is 0 Å². The average Bonchev–Trinajstić information content (AvgIpc) is 2.87. The van der Waals surface area contributed by atoms with Crippen LogP contribution in [-0.4, -0.2) is 44.1 Å². The highest BCUT2D eigenvalue weighted by atomic mass is 32.2. The number of primary sulfonamides is 1. The van der Waals surface area contributed by atoms with E-state index in [1.165, 1.54) is 0 Å². The summed E-state index contributed by atoms with van der Waals surface area (Å²) in [6.45, 7) is -0.289. The number of ether oxygens (including phenoxy) is 1. The standard InChI is InChI=1S/C12H13N3O7S/c1-22-12(17)9-3-2-7(15(18)19)4-10(9)14-6-8(5-11(14)16)23(13,20)21/h2-4,8H,5-6H2,1H3,(H2,13,20,21). The first-order valence-corrected chi connectivity index (χ1v) is 7.95. The number of sulfonamides is 1. The smallest absolute Gasteiger partial charge is 0.339 e. The number of benzene rings is 1. The number of esters is 1. The van der Waals surface area contributed by atoms with Crippen LogP contribution in [0.15, 0.2) is 18.2 Å². The van der Waals surface area contributed by atoms with E-state index in [1.54, 1.807) is 0 Å². The predicted molar refractivity (Wildman–Crippen MR) is 78.3 cm³/mol. The highest BCUT2D eigenvalue weighted by Gasteiger charge is 2.39. The maximum absolute atomic E-state index is 12.1. The van der Waals surface area contributed by atoms with Crippen LogP contribution < -0.4 is 10.0 Å². The Balaban J connectivity index is 2.52. The Labute approximate surface area is 131 Å². The van der Waals surface area contributed by atoms with Crippen LogP contribution in [0.2, 0.25) is 0 Å². The molecule has 124 valence electrons. The summed E-state index contributed by atoms with van der Waals surface area (Å²) in [7, 11) is -2.84. The van der Waals surface area contributed by atoms with Crippen molar-refractivity contribution in [2.75, 3.05) is 18.6 Å². The second-order valence-electron chi connectivity index (χ2n) is 4.87. The molecule has 1 saturated heterocycles. The molecule has 2 rings (SSSR count). The molecular formula is C12H13N3O7S. The van der Waals surface area contributed by atoms with Crippen LogP contribution in [0, 0.1) is 10.1 Å². The van der Waals surface area contributed by atoms with Crippen molar-refractivity contribution in [3.63, 3.8) is 0 Å². The monoisotopic (exact) mass is 343 g/mol. The van der Waals surface area contributed by atoms with Crippen LogP contribution in [0.5, 0.6) is 0 Å². The number of amides is 1. The zero-order valence-electron chi connectivity index (χ0n) is 12.0. The lowest BCUT2D eigenvalue weighted by Crippen LogP contribution is -2.32. The first kappa shape index (κ1) is 16.8. The van der Waals surface area contributed by atoms with Crippen LogP contribution in [-0.2, 0) is 19.6 Å². The third kappa shape index (κ3) is 3.29. The number of hydrogen-bond acceptors (Lipinski definition) is 7. The molecule has 1 fully saturated rings. The van der Waals surface area contributed by atoms with Gasteiger partial charge in [0.05, 0.1) is 23.3 Å². The molecule has 0 aliphatic carbocycles. The summed E-state index contributed by atoms with van der Waals surface area (Å²) in [5.74, 6) is -1.41. The van der Waals surface area contributed by atoms with E-state index in [0.717, 1.165) is 30.2 Å².